The van der Waals surface area contributed by atoms with Crippen molar-refractivity contribution in [2.45, 2.75) is 39.5 Å². The van der Waals surface area contributed by atoms with E-state index >= 15 is 0 Å². The molecule has 1 aliphatic rings. The summed E-state index contributed by atoms with van der Waals surface area (Å²) in [7, 11) is 0. The van der Waals surface area contributed by atoms with Gasteiger partial charge in [0.05, 0.1) is 0 Å². The molecular formula is C13H20N2. The first-order valence-corrected chi connectivity index (χ1v) is 6.08. The molecule has 15 heavy (non-hydrogen) atoms. The Balaban J connectivity index is 2.28. The van der Waals surface area contributed by atoms with Crippen LogP contribution in [0.4, 0.5) is 5.82 Å². The lowest BCUT2D eigenvalue weighted by molar-refractivity contribution is 0.904. The quantitative estimate of drug-likeness (QED) is 0.752. The zero-order valence-corrected chi connectivity index (χ0v) is 9.79. The maximum atomic E-state index is 4.71. The summed E-state index contributed by atoms with van der Waals surface area (Å²) in [6, 6.07) is 4.49. The summed E-state index contributed by atoms with van der Waals surface area (Å²) in [5.74, 6) is 1.20. The highest BCUT2D eigenvalue weighted by Gasteiger charge is 2.14. The molecule has 2 heterocycles. The summed E-state index contributed by atoms with van der Waals surface area (Å²) in [5, 5.41) is 0. The third kappa shape index (κ3) is 2.31. The molecule has 2 heteroatoms. The molecule has 1 aromatic rings. The molecule has 2 nitrogen and oxygen atoms in total. The maximum Gasteiger partial charge on any atom is 0.129 e. The van der Waals surface area contributed by atoms with Gasteiger partial charge < -0.3 is 4.90 Å². The fraction of sp³-hybridized carbons (Fsp3) is 0.615. The first-order valence-electron chi connectivity index (χ1n) is 6.08. The highest BCUT2D eigenvalue weighted by molar-refractivity contribution is 5.43. The van der Waals surface area contributed by atoms with Crippen molar-refractivity contribution in [1.29, 1.82) is 0 Å². The number of aryl methyl sites for hydroxylation is 2. The summed E-state index contributed by atoms with van der Waals surface area (Å²) in [6.07, 6.45) is 4.78. The lowest BCUT2D eigenvalue weighted by Crippen LogP contribution is -2.19. The van der Waals surface area contributed by atoms with E-state index in [0.717, 1.165) is 12.8 Å². The Morgan fingerprint density at radius 1 is 1.13 bits per heavy atom. The molecule has 0 bridgehead atoms. The van der Waals surface area contributed by atoms with Gasteiger partial charge in [-0.3, -0.25) is 0 Å². The van der Waals surface area contributed by atoms with Crippen molar-refractivity contribution in [2.24, 2.45) is 0 Å². The van der Waals surface area contributed by atoms with Crippen LogP contribution in [-0.4, -0.2) is 18.1 Å². The molecule has 0 aromatic carbocycles. The lowest BCUT2D eigenvalue weighted by Gasteiger charge is -2.18. The normalized spacial score (nSPS) is 16.0. The second kappa shape index (κ2) is 4.65. The minimum atomic E-state index is 1.04. The fourth-order valence-electron chi connectivity index (χ4n) is 2.13. The van der Waals surface area contributed by atoms with Crippen LogP contribution in [0.2, 0.25) is 0 Å². The van der Waals surface area contributed by atoms with E-state index in [-0.39, 0.29) is 0 Å². The second-order valence-electron chi connectivity index (χ2n) is 4.23. The number of hydrogen-bond donors (Lipinski definition) is 0. The van der Waals surface area contributed by atoms with Crippen molar-refractivity contribution in [3.05, 3.63) is 23.4 Å². The molecule has 0 aliphatic carbocycles. The third-order valence-corrected chi connectivity index (χ3v) is 3.13. The van der Waals surface area contributed by atoms with Gasteiger partial charge in [-0.1, -0.05) is 13.8 Å². The Bertz CT molecular complexity index is 305. The predicted molar refractivity (Wildman–Crippen MR) is 64.4 cm³/mol. The van der Waals surface area contributed by atoms with Crippen LogP contribution < -0.4 is 4.90 Å². The van der Waals surface area contributed by atoms with Crippen LogP contribution >= 0.6 is 0 Å². The van der Waals surface area contributed by atoms with E-state index in [9.17, 15) is 0 Å². The van der Waals surface area contributed by atoms with Gasteiger partial charge >= 0.3 is 0 Å². The number of pyridine rings is 1. The van der Waals surface area contributed by atoms with E-state index in [1.54, 1.807) is 0 Å². The van der Waals surface area contributed by atoms with Crippen molar-refractivity contribution in [3.8, 4) is 0 Å². The molecule has 0 atom stereocenters. The minimum absolute atomic E-state index is 1.04. The Labute approximate surface area is 92.3 Å². The van der Waals surface area contributed by atoms with Gasteiger partial charge in [-0.25, -0.2) is 4.98 Å². The molecule has 1 aliphatic heterocycles. The number of aromatic nitrogens is 1. The molecule has 1 fully saturated rings. The number of nitrogens with zero attached hydrogens (tertiary/aromatic N) is 2. The van der Waals surface area contributed by atoms with E-state index in [0.29, 0.717) is 0 Å². The van der Waals surface area contributed by atoms with E-state index < -0.39 is 0 Å². The van der Waals surface area contributed by atoms with E-state index in [2.05, 4.69) is 30.9 Å². The Morgan fingerprint density at radius 2 is 1.87 bits per heavy atom. The summed E-state index contributed by atoms with van der Waals surface area (Å²) in [5.41, 5.74) is 2.65. The van der Waals surface area contributed by atoms with E-state index in [4.69, 9.17) is 4.98 Å². The smallest absolute Gasteiger partial charge is 0.129 e. The number of anilines is 1. The molecular weight excluding hydrogens is 184 g/mol. The van der Waals surface area contributed by atoms with Gasteiger partial charge in [0.2, 0.25) is 0 Å². The van der Waals surface area contributed by atoms with Gasteiger partial charge in [-0.05, 0) is 43.4 Å². The first kappa shape index (κ1) is 10.5. The second-order valence-corrected chi connectivity index (χ2v) is 4.23. The number of hydrogen-bond acceptors (Lipinski definition) is 2. The van der Waals surface area contributed by atoms with Crippen molar-refractivity contribution in [3.63, 3.8) is 0 Å². The van der Waals surface area contributed by atoms with Crippen LogP contribution in [0.3, 0.4) is 0 Å². The van der Waals surface area contributed by atoms with Crippen molar-refractivity contribution >= 4 is 5.82 Å². The zero-order chi connectivity index (χ0) is 10.7. The third-order valence-electron chi connectivity index (χ3n) is 3.13. The van der Waals surface area contributed by atoms with Crippen LogP contribution in [0.25, 0.3) is 0 Å². The highest BCUT2D eigenvalue weighted by atomic mass is 15.2. The predicted octanol–water partition coefficient (Wildman–Crippen LogP) is 2.81. The zero-order valence-electron chi connectivity index (χ0n) is 9.79. The van der Waals surface area contributed by atoms with Crippen LogP contribution in [0.1, 0.15) is 37.9 Å². The largest absolute Gasteiger partial charge is 0.357 e. The highest BCUT2D eigenvalue weighted by Crippen LogP contribution is 2.20. The molecule has 82 valence electrons. The van der Waals surface area contributed by atoms with Crippen molar-refractivity contribution < 1.29 is 0 Å². The number of rotatable bonds is 3. The fourth-order valence-corrected chi connectivity index (χ4v) is 2.13. The molecule has 2 rings (SSSR count). The van der Waals surface area contributed by atoms with Gasteiger partial charge in [0, 0.05) is 18.8 Å². The van der Waals surface area contributed by atoms with Gasteiger partial charge in [0.1, 0.15) is 5.82 Å². The monoisotopic (exact) mass is 204 g/mol. The van der Waals surface area contributed by atoms with Gasteiger partial charge in [-0.15, -0.1) is 0 Å². The Morgan fingerprint density at radius 3 is 2.47 bits per heavy atom. The summed E-state index contributed by atoms with van der Waals surface area (Å²) < 4.78 is 0. The maximum absolute atomic E-state index is 4.71. The summed E-state index contributed by atoms with van der Waals surface area (Å²) in [6.45, 7) is 6.75. The SMILES string of the molecule is CCc1cc(CC)nc(N2CCCC2)c1. The van der Waals surface area contributed by atoms with Gasteiger partial charge in [-0.2, -0.15) is 0 Å². The Kier molecular flexibility index (Phi) is 3.24. The molecule has 0 amide bonds. The topological polar surface area (TPSA) is 16.1 Å². The molecule has 0 spiro atoms. The lowest BCUT2D eigenvalue weighted by atomic mass is 10.1. The molecule has 0 N–H and O–H groups in total. The summed E-state index contributed by atoms with van der Waals surface area (Å²) >= 11 is 0. The molecule has 0 saturated carbocycles. The van der Waals surface area contributed by atoms with Crippen LogP contribution in [0.15, 0.2) is 12.1 Å². The molecule has 1 saturated heterocycles. The average Bonchev–Trinajstić information content (AvgIpc) is 2.81. The van der Waals surface area contributed by atoms with Crippen LogP contribution in [0, 0.1) is 0 Å². The first-order chi connectivity index (χ1) is 7.33. The van der Waals surface area contributed by atoms with Gasteiger partial charge in [0.15, 0.2) is 0 Å². The average molecular weight is 204 g/mol. The van der Waals surface area contributed by atoms with E-state index in [1.165, 1.54) is 43.0 Å². The molecule has 1 aromatic heterocycles. The van der Waals surface area contributed by atoms with Crippen molar-refractivity contribution in [1.82, 2.24) is 4.98 Å². The van der Waals surface area contributed by atoms with Gasteiger partial charge in [0.25, 0.3) is 0 Å². The van der Waals surface area contributed by atoms with Crippen LogP contribution in [0.5, 0.6) is 0 Å². The van der Waals surface area contributed by atoms with Crippen LogP contribution in [-0.2, 0) is 12.8 Å². The minimum Gasteiger partial charge on any atom is -0.357 e. The van der Waals surface area contributed by atoms with Crippen molar-refractivity contribution in [2.75, 3.05) is 18.0 Å². The molecule has 0 unspecified atom stereocenters. The standard InChI is InChI=1S/C13H20N2/c1-3-11-9-12(4-2)14-13(10-11)15-7-5-6-8-15/h9-10H,3-8H2,1-2H3. The van der Waals surface area contributed by atoms with E-state index in [1.807, 2.05) is 0 Å². The molecule has 0 radical (unpaired) electrons. The Hall–Kier alpha value is -1.05. The summed E-state index contributed by atoms with van der Waals surface area (Å²) in [4.78, 5) is 7.12.